The van der Waals surface area contributed by atoms with Gasteiger partial charge in [0, 0.05) is 28.4 Å². The fourth-order valence-electron chi connectivity index (χ4n) is 4.04. The molecule has 0 spiro atoms. The smallest absolute Gasteiger partial charge is 0.407 e. The number of carbonyl (C=O) groups is 1. The molecule has 0 radical (unpaired) electrons. The van der Waals surface area contributed by atoms with Crippen LogP contribution in [0.25, 0.3) is 32.1 Å². The van der Waals surface area contributed by atoms with Gasteiger partial charge in [0.25, 0.3) is 5.56 Å². The summed E-state index contributed by atoms with van der Waals surface area (Å²) in [6, 6.07) is 11.7. The van der Waals surface area contributed by atoms with Gasteiger partial charge in [-0.05, 0) is 56.7 Å². The Balaban J connectivity index is 1.69. The second-order valence-corrected chi connectivity index (χ2v) is 10.6. The number of hydrogen-bond donors (Lipinski definition) is 2. The number of hydrogen-bond acceptors (Lipinski definition) is 5. The van der Waals surface area contributed by atoms with Crippen LogP contribution in [-0.2, 0) is 11.2 Å². The van der Waals surface area contributed by atoms with Crippen molar-refractivity contribution in [3.63, 3.8) is 0 Å². The first-order valence-corrected chi connectivity index (χ1v) is 12.2. The topological polar surface area (TPSA) is 80.4 Å². The lowest BCUT2D eigenvalue weighted by molar-refractivity contribution is 0.0508. The van der Waals surface area contributed by atoms with Gasteiger partial charge in [0.05, 0.1) is 17.6 Å². The van der Waals surface area contributed by atoms with E-state index in [1.165, 1.54) is 11.3 Å². The van der Waals surface area contributed by atoms with Gasteiger partial charge >= 0.3 is 6.09 Å². The molecule has 0 aliphatic rings. The van der Waals surface area contributed by atoms with E-state index in [0.717, 1.165) is 27.5 Å². The van der Waals surface area contributed by atoms with E-state index in [1.807, 2.05) is 63.4 Å². The zero-order valence-electron chi connectivity index (χ0n) is 19.7. The summed E-state index contributed by atoms with van der Waals surface area (Å²) in [4.78, 5) is 27.5. The number of nitrogens with one attached hydrogen (secondary N) is 2. The summed E-state index contributed by atoms with van der Waals surface area (Å²) < 4.78 is 11.7. The summed E-state index contributed by atoms with van der Waals surface area (Å²) in [7, 11) is 1.61. The number of benzene rings is 2. The number of carbonyl (C=O) groups excluding carboxylic acids is 1. The van der Waals surface area contributed by atoms with Gasteiger partial charge in [-0.2, -0.15) is 0 Å². The first-order valence-electron chi connectivity index (χ1n) is 11.0. The Labute approximate surface area is 206 Å². The number of ether oxygens (including phenoxy) is 2. The van der Waals surface area contributed by atoms with Crippen LogP contribution in [0.5, 0.6) is 5.75 Å². The molecule has 1 atom stereocenters. The normalized spacial score (nSPS) is 12.6. The predicted molar refractivity (Wildman–Crippen MR) is 139 cm³/mol. The predicted octanol–water partition coefficient (Wildman–Crippen LogP) is 6.53. The first-order chi connectivity index (χ1) is 16.1. The Kier molecular flexibility index (Phi) is 6.60. The van der Waals surface area contributed by atoms with Crippen molar-refractivity contribution in [1.29, 1.82) is 0 Å². The summed E-state index contributed by atoms with van der Waals surface area (Å²) in [5.41, 5.74) is 2.77. The zero-order chi connectivity index (χ0) is 24.6. The fourth-order valence-corrected chi connectivity index (χ4v) is 5.08. The Bertz CT molecular complexity index is 1420. The number of thiophene rings is 1. The number of amides is 1. The van der Waals surface area contributed by atoms with E-state index in [1.54, 1.807) is 13.2 Å². The van der Waals surface area contributed by atoms with E-state index in [0.29, 0.717) is 27.4 Å². The average Bonchev–Trinajstić information content (AvgIpc) is 3.24. The quantitative estimate of drug-likeness (QED) is 0.328. The van der Waals surface area contributed by atoms with E-state index >= 15 is 0 Å². The van der Waals surface area contributed by atoms with Crippen LogP contribution in [0.15, 0.2) is 46.6 Å². The van der Waals surface area contributed by atoms with Crippen LogP contribution in [0.2, 0.25) is 5.02 Å². The van der Waals surface area contributed by atoms with Crippen LogP contribution >= 0.6 is 22.9 Å². The van der Waals surface area contributed by atoms with Crippen molar-refractivity contribution in [2.75, 3.05) is 7.11 Å². The van der Waals surface area contributed by atoms with E-state index in [2.05, 4.69) is 10.3 Å². The highest BCUT2D eigenvalue weighted by Gasteiger charge is 2.20. The number of fused-ring (bicyclic) bond motifs is 3. The number of pyridine rings is 1. The lowest BCUT2D eigenvalue weighted by atomic mass is 9.95. The van der Waals surface area contributed by atoms with Gasteiger partial charge < -0.3 is 19.8 Å². The van der Waals surface area contributed by atoms with Crippen LogP contribution in [-0.4, -0.2) is 29.8 Å². The van der Waals surface area contributed by atoms with Crippen molar-refractivity contribution in [2.24, 2.45) is 0 Å². The Morgan fingerprint density at radius 3 is 2.56 bits per heavy atom. The number of alkyl carbamates (subject to hydrolysis) is 1. The molecule has 4 aromatic rings. The molecule has 0 aliphatic carbocycles. The van der Waals surface area contributed by atoms with Crippen LogP contribution in [0.4, 0.5) is 4.79 Å². The Morgan fingerprint density at radius 2 is 1.91 bits per heavy atom. The molecule has 2 aromatic carbocycles. The molecule has 4 rings (SSSR count). The van der Waals surface area contributed by atoms with E-state index < -0.39 is 11.7 Å². The highest BCUT2D eigenvalue weighted by Crippen LogP contribution is 2.43. The lowest BCUT2D eigenvalue weighted by Gasteiger charge is -2.22. The number of methoxy groups -OCH3 is 1. The molecule has 34 heavy (non-hydrogen) atoms. The second-order valence-electron chi connectivity index (χ2n) is 9.25. The molecule has 8 heteroatoms. The number of H-pyrrole nitrogens is 1. The van der Waals surface area contributed by atoms with Gasteiger partial charge in [-0.25, -0.2) is 4.79 Å². The molecule has 1 unspecified atom stereocenters. The van der Waals surface area contributed by atoms with Crippen LogP contribution < -0.4 is 15.6 Å². The van der Waals surface area contributed by atoms with Gasteiger partial charge in [-0.3, -0.25) is 4.79 Å². The Hall–Kier alpha value is -3.03. The molecule has 2 N–H and O–H groups in total. The molecule has 178 valence electrons. The highest BCUT2D eigenvalue weighted by atomic mass is 35.5. The average molecular weight is 499 g/mol. The summed E-state index contributed by atoms with van der Waals surface area (Å²) in [6.07, 6.45) is 0.225. The molecular weight excluding hydrogens is 472 g/mol. The maximum Gasteiger partial charge on any atom is 0.407 e. The molecule has 2 heterocycles. The molecule has 0 aliphatic heterocycles. The van der Waals surface area contributed by atoms with Gasteiger partial charge in [0.15, 0.2) is 0 Å². The summed E-state index contributed by atoms with van der Waals surface area (Å²) in [5.74, 6) is 0.629. The van der Waals surface area contributed by atoms with Gasteiger partial charge in [0.1, 0.15) is 16.1 Å². The van der Waals surface area contributed by atoms with Crippen molar-refractivity contribution in [1.82, 2.24) is 10.3 Å². The summed E-state index contributed by atoms with van der Waals surface area (Å²) in [6.45, 7) is 7.45. The van der Waals surface area contributed by atoms with Crippen LogP contribution in [0, 0.1) is 0 Å². The number of aromatic nitrogens is 1. The standard InChI is InChI=1S/C26H27ClN2O4S/c1-14(28-25(31)33-26(2,3)4)12-15-6-8-16(9-7-15)20-19(32-5)13-18(27)22-21(20)17-10-11-34-23(17)24(30)29-22/h6-11,13-14H,12H2,1-5H3,(H,28,31)(H,29,30). The van der Waals surface area contributed by atoms with Gasteiger partial charge in [-0.1, -0.05) is 35.9 Å². The lowest BCUT2D eigenvalue weighted by Crippen LogP contribution is -2.38. The molecule has 1 amide bonds. The maximum atomic E-state index is 12.5. The van der Waals surface area contributed by atoms with Crippen molar-refractivity contribution in [3.05, 3.63) is 62.7 Å². The zero-order valence-corrected chi connectivity index (χ0v) is 21.3. The molecule has 0 saturated heterocycles. The van der Waals surface area contributed by atoms with Crippen molar-refractivity contribution in [3.8, 4) is 16.9 Å². The molecule has 0 saturated carbocycles. The van der Waals surface area contributed by atoms with E-state index in [4.69, 9.17) is 21.1 Å². The molecule has 2 aromatic heterocycles. The summed E-state index contributed by atoms with van der Waals surface area (Å²) in [5, 5.41) is 6.91. The number of aromatic amines is 1. The van der Waals surface area contributed by atoms with E-state index in [-0.39, 0.29) is 11.6 Å². The van der Waals surface area contributed by atoms with Gasteiger partial charge in [-0.15, -0.1) is 11.3 Å². The largest absolute Gasteiger partial charge is 0.496 e. The van der Waals surface area contributed by atoms with Crippen molar-refractivity contribution < 1.29 is 14.3 Å². The first kappa shape index (κ1) is 24.1. The third-order valence-electron chi connectivity index (χ3n) is 5.39. The van der Waals surface area contributed by atoms with E-state index in [9.17, 15) is 9.59 Å². The number of rotatable bonds is 5. The number of halogens is 1. The third-order valence-corrected chi connectivity index (χ3v) is 6.60. The minimum Gasteiger partial charge on any atom is -0.496 e. The van der Waals surface area contributed by atoms with Crippen molar-refractivity contribution >= 4 is 50.0 Å². The minimum atomic E-state index is -0.538. The molecular formula is C26H27ClN2O4S. The van der Waals surface area contributed by atoms with Gasteiger partial charge in [0.2, 0.25) is 0 Å². The second kappa shape index (κ2) is 9.31. The SMILES string of the molecule is COc1cc(Cl)c2[nH]c(=O)c3sccc3c2c1-c1ccc(CC(C)NC(=O)OC(C)(C)C)cc1. The van der Waals surface area contributed by atoms with Crippen LogP contribution in [0.3, 0.4) is 0 Å². The van der Waals surface area contributed by atoms with Crippen molar-refractivity contribution in [2.45, 2.75) is 45.8 Å². The van der Waals surface area contributed by atoms with Crippen LogP contribution in [0.1, 0.15) is 33.3 Å². The Morgan fingerprint density at radius 1 is 1.21 bits per heavy atom. The third kappa shape index (κ3) is 4.91. The monoisotopic (exact) mass is 498 g/mol. The summed E-state index contributed by atoms with van der Waals surface area (Å²) >= 11 is 7.91. The minimum absolute atomic E-state index is 0.0953. The maximum absolute atomic E-state index is 12.5. The fraction of sp³-hybridized carbons (Fsp3) is 0.308. The molecule has 0 fully saturated rings. The molecule has 6 nitrogen and oxygen atoms in total. The highest BCUT2D eigenvalue weighted by molar-refractivity contribution is 7.17. The molecule has 0 bridgehead atoms.